The van der Waals surface area contributed by atoms with E-state index in [4.69, 9.17) is 4.74 Å². The van der Waals surface area contributed by atoms with E-state index in [0.29, 0.717) is 23.4 Å². The first kappa shape index (κ1) is 32.0. The Morgan fingerprint density at radius 1 is 0.976 bits per heavy atom. The van der Waals surface area contributed by atoms with Crippen LogP contribution in [0.4, 0.5) is 10.5 Å². The fourth-order valence-electron chi connectivity index (χ4n) is 4.74. The molecule has 0 saturated heterocycles. The summed E-state index contributed by atoms with van der Waals surface area (Å²) in [5.41, 5.74) is 2.33. The van der Waals surface area contributed by atoms with Crippen molar-refractivity contribution in [1.29, 1.82) is 0 Å². The van der Waals surface area contributed by atoms with Crippen molar-refractivity contribution in [2.75, 3.05) is 30.5 Å². The summed E-state index contributed by atoms with van der Waals surface area (Å²) in [6.45, 7) is 8.63. The molecule has 0 fully saturated rings. The predicted octanol–water partition coefficient (Wildman–Crippen LogP) is 5.60. The van der Waals surface area contributed by atoms with E-state index in [0.717, 1.165) is 21.9 Å². The SMILES string of the molecule is CSCCC(NC(=O)OC(C)(C)C)C(=O)N(CCO)C(C(=O)Nc1ccc2ccccc2c1)c1cc(C)cc(C)c1. The van der Waals surface area contributed by atoms with Crippen molar-refractivity contribution >= 4 is 46.1 Å². The Kier molecular flexibility index (Phi) is 11.2. The minimum Gasteiger partial charge on any atom is -0.444 e. The van der Waals surface area contributed by atoms with E-state index in [1.54, 1.807) is 20.8 Å². The standard InChI is InChI=1S/C32H41N3O5S/c1-21-17-22(2)19-25(18-21)28(29(37)33-26-12-11-23-9-7-8-10-24(23)20-26)35(14-15-36)30(38)27(13-16-41-6)34-31(39)40-32(3,4)5/h7-12,17-20,27-28,36H,13-16H2,1-6H3,(H,33,37)(H,34,39). The van der Waals surface area contributed by atoms with Crippen LogP contribution in [-0.2, 0) is 14.3 Å². The molecular formula is C32H41N3O5S. The number of nitrogens with one attached hydrogen (secondary N) is 2. The Morgan fingerprint density at radius 3 is 2.24 bits per heavy atom. The Labute approximate surface area is 246 Å². The third kappa shape index (κ3) is 9.23. The number of hydrogen-bond acceptors (Lipinski definition) is 6. The van der Waals surface area contributed by atoms with E-state index < -0.39 is 35.6 Å². The minimum atomic E-state index is -1.06. The second-order valence-corrected chi connectivity index (χ2v) is 12.1. The summed E-state index contributed by atoms with van der Waals surface area (Å²) in [6.07, 6.45) is 1.52. The molecule has 8 nitrogen and oxygen atoms in total. The first-order valence-electron chi connectivity index (χ1n) is 13.7. The van der Waals surface area contributed by atoms with Gasteiger partial charge >= 0.3 is 6.09 Å². The number of aliphatic hydroxyl groups excluding tert-OH is 1. The molecule has 0 radical (unpaired) electrons. The second kappa shape index (κ2) is 14.4. The number of alkyl carbamates (subject to hydrolysis) is 1. The Bertz CT molecular complexity index is 1350. The van der Waals surface area contributed by atoms with E-state index >= 15 is 0 Å². The van der Waals surface area contributed by atoms with Gasteiger partial charge in [-0.15, -0.1) is 0 Å². The molecule has 0 aliphatic carbocycles. The number of aliphatic hydroxyl groups is 1. The van der Waals surface area contributed by atoms with E-state index in [1.165, 1.54) is 16.7 Å². The number of thioether (sulfide) groups is 1. The number of amides is 3. The zero-order valence-electron chi connectivity index (χ0n) is 24.7. The molecule has 3 aromatic rings. The normalized spacial score (nSPS) is 12.9. The van der Waals surface area contributed by atoms with Crippen LogP contribution in [0.1, 0.15) is 49.9 Å². The van der Waals surface area contributed by atoms with Gasteiger partial charge in [0.1, 0.15) is 17.7 Å². The number of aryl methyl sites for hydroxylation is 2. The second-order valence-electron chi connectivity index (χ2n) is 11.1. The molecular weight excluding hydrogens is 538 g/mol. The van der Waals surface area contributed by atoms with Crippen LogP contribution in [0.5, 0.6) is 0 Å². The number of carbonyl (C=O) groups is 3. The highest BCUT2D eigenvalue weighted by atomic mass is 32.2. The summed E-state index contributed by atoms with van der Waals surface area (Å²) in [4.78, 5) is 42.2. The number of fused-ring (bicyclic) bond motifs is 1. The maximum atomic E-state index is 14.1. The van der Waals surface area contributed by atoms with E-state index in [1.807, 2.05) is 80.8 Å². The summed E-state index contributed by atoms with van der Waals surface area (Å²) >= 11 is 1.54. The number of anilines is 1. The Morgan fingerprint density at radius 2 is 1.63 bits per heavy atom. The maximum Gasteiger partial charge on any atom is 0.408 e. The van der Waals surface area contributed by atoms with Crippen LogP contribution >= 0.6 is 11.8 Å². The molecule has 0 heterocycles. The zero-order chi connectivity index (χ0) is 30.2. The molecule has 220 valence electrons. The van der Waals surface area contributed by atoms with Crippen LogP contribution in [0.3, 0.4) is 0 Å². The first-order chi connectivity index (χ1) is 19.4. The van der Waals surface area contributed by atoms with Gasteiger partial charge in [-0.2, -0.15) is 11.8 Å². The topological polar surface area (TPSA) is 108 Å². The molecule has 3 N–H and O–H groups in total. The summed E-state index contributed by atoms with van der Waals surface area (Å²) in [5, 5.41) is 17.7. The van der Waals surface area contributed by atoms with Gasteiger partial charge in [0, 0.05) is 12.2 Å². The lowest BCUT2D eigenvalue weighted by molar-refractivity contribution is -0.141. The van der Waals surface area contributed by atoms with Crippen molar-refractivity contribution in [3.8, 4) is 0 Å². The lowest BCUT2D eigenvalue weighted by Crippen LogP contribution is -2.53. The van der Waals surface area contributed by atoms with E-state index in [2.05, 4.69) is 10.6 Å². The summed E-state index contributed by atoms with van der Waals surface area (Å²) in [6, 6.07) is 17.2. The third-order valence-electron chi connectivity index (χ3n) is 6.36. The van der Waals surface area contributed by atoms with Gasteiger partial charge in [0.05, 0.1) is 6.61 Å². The van der Waals surface area contributed by atoms with Gasteiger partial charge in [0.15, 0.2) is 0 Å². The van der Waals surface area contributed by atoms with Gasteiger partial charge in [-0.25, -0.2) is 4.79 Å². The number of rotatable bonds is 11. The number of carbonyl (C=O) groups excluding carboxylic acids is 3. The lowest BCUT2D eigenvalue weighted by Gasteiger charge is -2.34. The smallest absolute Gasteiger partial charge is 0.408 e. The maximum absolute atomic E-state index is 14.1. The van der Waals surface area contributed by atoms with Gasteiger partial charge in [0.2, 0.25) is 5.91 Å². The first-order valence-corrected chi connectivity index (χ1v) is 15.1. The highest BCUT2D eigenvalue weighted by Gasteiger charge is 2.36. The fraction of sp³-hybridized carbons (Fsp3) is 0.406. The summed E-state index contributed by atoms with van der Waals surface area (Å²) < 4.78 is 5.42. The highest BCUT2D eigenvalue weighted by Crippen LogP contribution is 2.28. The van der Waals surface area contributed by atoms with E-state index in [-0.39, 0.29) is 13.2 Å². The van der Waals surface area contributed by atoms with Gasteiger partial charge in [-0.3, -0.25) is 9.59 Å². The van der Waals surface area contributed by atoms with Crippen LogP contribution in [-0.4, -0.2) is 64.7 Å². The van der Waals surface area contributed by atoms with Crippen LogP contribution in [0, 0.1) is 13.8 Å². The van der Waals surface area contributed by atoms with Crippen molar-refractivity contribution in [3.05, 3.63) is 77.4 Å². The average molecular weight is 580 g/mol. The van der Waals surface area contributed by atoms with Crippen LogP contribution in [0.2, 0.25) is 0 Å². The molecule has 0 aliphatic heterocycles. The third-order valence-corrected chi connectivity index (χ3v) is 7.00. The van der Waals surface area contributed by atoms with Gasteiger partial charge < -0.3 is 25.4 Å². The zero-order valence-corrected chi connectivity index (χ0v) is 25.5. The van der Waals surface area contributed by atoms with Gasteiger partial charge in [-0.1, -0.05) is 59.7 Å². The molecule has 2 atom stereocenters. The fourth-order valence-corrected chi connectivity index (χ4v) is 5.21. The van der Waals surface area contributed by atoms with Crippen molar-refractivity contribution in [2.24, 2.45) is 0 Å². The highest BCUT2D eigenvalue weighted by molar-refractivity contribution is 7.98. The van der Waals surface area contributed by atoms with Gasteiger partial charge in [0.25, 0.3) is 5.91 Å². The molecule has 0 aliphatic rings. The van der Waals surface area contributed by atoms with Crippen molar-refractivity contribution in [1.82, 2.24) is 10.2 Å². The largest absolute Gasteiger partial charge is 0.444 e. The number of ether oxygens (including phenoxy) is 1. The monoisotopic (exact) mass is 579 g/mol. The van der Waals surface area contributed by atoms with Crippen LogP contribution in [0.25, 0.3) is 10.8 Å². The average Bonchev–Trinajstić information content (AvgIpc) is 2.88. The van der Waals surface area contributed by atoms with Crippen molar-refractivity contribution in [2.45, 2.75) is 58.7 Å². The molecule has 3 aromatic carbocycles. The number of hydrogen-bond donors (Lipinski definition) is 3. The molecule has 0 spiro atoms. The molecule has 0 bridgehead atoms. The quantitative estimate of drug-likeness (QED) is 0.273. The molecule has 3 amide bonds. The van der Waals surface area contributed by atoms with Gasteiger partial charge in [-0.05, 0) is 81.5 Å². The Balaban J connectivity index is 2.02. The minimum absolute atomic E-state index is 0.104. The molecule has 0 saturated carbocycles. The molecule has 9 heteroatoms. The number of benzene rings is 3. The Hall–Kier alpha value is -3.56. The van der Waals surface area contributed by atoms with Crippen LogP contribution in [0.15, 0.2) is 60.7 Å². The van der Waals surface area contributed by atoms with E-state index in [9.17, 15) is 19.5 Å². The summed E-state index contributed by atoms with van der Waals surface area (Å²) in [5.74, 6) is -0.304. The lowest BCUT2D eigenvalue weighted by atomic mass is 9.98. The summed E-state index contributed by atoms with van der Waals surface area (Å²) in [7, 11) is 0. The van der Waals surface area contributed by atoms with Crippen molar-refractivity contribution in [3.63, 3.8) is 0 Å². The van der Waals surface area contributed by atoms with Crippen molar-refractivity contribution < 1.29 is 24.2 Å². The predicted molar refractivity (Wildman–Crippen MR) is 166 cm³/mol. The van der Waals surface area contributed by atoms with Crippen LogP contribution < -0.4 is 10.6 Å². The molecule has 41 heavy (non-hydrogen) atoms. The molecule has 3 rings (SSSR count). The molecule has 0 aromatic heterocycles. The number of nitrogens with zero attached hydrogens (tertiary/aromatic N) is 1. The molecule has 2 unspecified atom stereocenters.